The fraction of sp³-hybridized carbons (Fsp3) is 0.579. The number of urea groups is 1. The molecule has 0 radical (unpaired) electrons. The van der Waals surface area contributed by atoms with Crippen molar-refractivity contribution in [2.75, 3.05) is 51.2 Å². The first kappa shape index (κ1) is 16.4. The maximum atomic E-state index is 12.9. The second kappa shape index (κ2) is 6.67. The van der Waals surface area contributed by atoms with Gasteiger partial charge in [0.15, 0.2) is 0 Å². The largest absolute Gasteiger partial charge is 0.338 e. The van der Waals surface area contributed by atoms with Crippen LogP contribution >= 0.6 is 0 Å². The molecule has 6 heteroatoms. The van der Waals surface area contributed by atoms with Gasteiger partial charge in [-0.15, -0.1) is 0 Å². The summed E-state index contributed by atoms with van der Waals surface area (Å²) in [5.41, 5.74) is 2.28. The molecule has 0 aromatic heterocycles. The van der Waals surface area contributed by atoms with Gasteiger partial charge in [-0.2, -0.15) is 0 Å². The number of para-hydroxylation sites is 1. The molecule has 1 atom stereocenters. The van der Waals surface area contributed by atoms with E-state index in [1.54, 1.807) is 0 Å². The average Bonchev–Trinajstić information content (AvgIpc) is 3.27. The number of benzene rings is 1. The Morgan fingerprint density at radius 2 is 1.68 bits per heavy atom. The topological polar surface area (TPSA) is 47.1 Å². The number of likely N-dealkylation sites (tertiary alicyclic amines) is 1. The van der Waals surface area contributed by atoms with Gasteiger partial charge in [-0.3, -0.25) is 14.6 Å². The van der Waals surface area contributed by atoms with Crippen LogP contribution in [0.2, 0.25) is 0 Å². The van der Waals surface area contributed by atoms with Crippen molar-refractivity contribution in [3.8, 4) is 0 Å². The van der Waals surface area contributed by atoms with Gasteiger partial charge in [0.2, 0.25) is 5.91 Å². The lowest BCUT2D eigenvalue weighted by Gasteiger charge is -2.38. The number of fused-ring (bicyclic) bond motifs is 1. The van der Waals surface area contributed by atoms with E-state index >= 15 is 0 Å². The van der Waals surface area contributed by atoms with E-state index in [0.717, 1.165) is 38.0 Å². The molecule has 3 amide bonds. The van der Waals surface area contributed by atoms with Crippen molar-refractivity contribution >= 4 is 17.6 Å². The molecule has 3 aliphatic heterocycles. The maximum absolute atomic E-state index is 12.9. The summed E-state index contributed by atoms with van der Waals surface area (Å²) in [6.45, 7) is 4.29. The molecule has 3 aliphatic rings. The number of rotatable bonds is 1. The molecule has 0 N–H and O–H groups in total. The van der Waals surface area contributed by atoms with Gasteiger partial charge in [0.1, 0.15) is 0 Å². The van der Waals surface area contributed by atoms with Crippen LogP contribution in [0.1, 0.15) is 18.4 Å². The van der Waals surface area contributed by atoms with Crippen LogP contribution in [0.25, 0.3) is 0 Å². The van der Waals surface area contributed by atoms with Gasteiger partial charge < -0.3 is 9.80 Å². The zero-order valence-corrected chi connectivity index (χ0v) is 14.9. The van der Waals surface area contributed by atoms with Gasteiger partial charge in [-0.1, -0.05) is 18.2 Å². The van der Waals surface area contributed by atoms with Crippen LogP contribution in [0.5, 0.6) is 0 Å². The minimum absolute atomic E-state index is 0.0349. The van der Waals surface area contributed by atoms with Crippen LogP contribution in [0.4, 0.5) is 10.5 Å². The summed E-state index contributed by atoms with van der Waals surface area (Å²) >= 11 is 0. The molecule has 1 aromatic rings. The standard InChI is InChI=1S/C19H26N4O2/c1-20-9-4-7-17(20)18(24)21-11-13-22(14-12-21)19(25)23-10-8-15-5-2-3-6-16(15)23/h2-3,5-6,17H,4,7-14H2,1H3. The molecule has 2 fully saturated rings. The van der Waals surface area contributed by atoms with Crippen molar-refractivity contribution in [3.05, 3.63) is 29.8 Å². The highest BCUT2D eigenvalue weighted by Crippen LogP contribution is 2.28. The Labute approximate surface area is 149 Å². The van der Waals surface area contributed by atoms with Gasteiger partial charge in [-0.05, 0) is 44.5 Å². The molecule has 134 valence electrons. The van der Waals surface area contributed by atoms with Gasteiger partial charge >= 0.3 is 6.03 Å². The number of anilines is 1. The minimum Gasteiger partial charge on any atom is -0.338 e. The van der Waals surface area contributed by atoms with E-state index in [0.29, 0.717) is 26.2 Å². The first-order chi connectivity index (χ1) is 12.1. The predicted molar refractivity (Wildman–Crippen MR) is 96.7 cm³/mol. The fourth-order valence-corrected chi connectivity index (χ4v) is 4.26. The molecule has 3 heterocycles. The van der Waals surface area contributed by atoms with Crippen LogP contribution in [-0.4, -0.2) is 79.0 Å². The average molecular weight is 342 g/mol. The highest BCUT2D eigenvalue weighted by atomic mass is 16.2. The van der Waals surface area contributed by atoms with Crippen molar-refractivity contribution < 1.29 is 9.59 Å². The molecular formula is C19H26N4O2. The van der Waals surface area contributed by atoms with Crippen molar-refractivity contribution in [3.63, 3.8) is 0 Å². The lowest BCUT2D eigenvalue weighted by Crippen LogP contribution is -2.56. The number of carbonyl (C=O) groups is 2. The van der Waals surface area contributed by atoms with E-state index < -0.39 is 0 Å². The smallest absolute Gasteiger partial charge is 0.324 e. The molecule has 4 rings (SSSR count). The number of likely N-dealkylation sites (N-methyl/N-ethyl adjacent to an activating group) is 1. The summed E-state index contributed by atoms with van der Waals surface area (Å²) < 4.78 is 0. The summed E-state index contributed by atoms with van der Waals surface area (Å²) in [5.74, 6) is 0.235. The molecule has 0 spiro atoms. The van der Waals surface area contributed by atoms with Gasteiger partial charge in [0.05, 0.1) is 6.04 Å². The van der Waals surface area contributed by atoms with Crippen LogP contribution in [0.3, 0.4) is 0 Å². The van der Waals surface area contributed by atoms with Crippen LogP contribution in [0.15, 0.2) is 24.3 Å². The van der Waals surface area contributed by atoms with Crippen molar-refractivity contribution in [1.29, 1.82) is 0 Å². The number of carbonyl (C=O) groups excluding carboxylic acids is 2. The first-order valence-corrected chi connectivity index (χ1v) is 9.28. The van der Waals surface area contributed by atoms with Crippen LogP contribution in [0, 0.1) is 0 Å². The normalized spacial score (nSPS) is 23.9. The van der Waals surface area contributed by atoms with E-state index in [1.807, 2.05) is 39.9 Å². The molecule has 0 aliphatic carbocycles. The second-order valence-electron chi connectivity index (χ2n) is 7.26. The Hall–Kier alpha value is -2.08. The molecule has 0 saturated carbocycles. The van der Waals surface area contributed by atoms with Gasteiger partial charge in [0, 0.05) is 38.4 Å². The molecule has 0 bridgehead atoms. The monoisotopic (exact) mass is 342 g/mol. The Morgan fingerprint density at radius 1 is 0.960 bits per heavy atom. The van der Waals surface area contributed by atoms with E-state index in [1.165, 1.54) is 5.56 Å². The lowest BCUT2D eigenvalue weighted by molar-refractivity contribution is -0.137. The Bertz CT molecular complexity index is 669. The van der Waals surface area contributed by atoms with Crippen molar-refractivity contribution in [1.82, 2.24) is 14.7 Å². The lowest BCUT2D eigenvalue weighted by atomic mass is 10.1. The second-order valence-corrected chi connectivity index (χ2v) is 7.26. The Balaban J connectivity index is 1.36. The molecule has 1 unspecified atom stereocenters. The quantitative estimate of drug-likeness (QED) is 0.775. The predicted octanol–water partition coefficient (Wildman–Crippen LogP) is 1.41. The zero-order chi connectivity index (χ0) is 17.4. The number of nitrogens with zero attached hydrogens (tertiary/aromatic N) is 4. The molecule has 25 heavy (non-hydrogen) atoms. The van der Waals surface area contributed by atoms with Gasteiger partial charge in [-0.25, -0.2) is 4.79 Å². The highest BCUT2D eigenvalue weighted by molar-refractivity contribution is 5.94. The number of amides is 3. The van der Waals surface area contributed by atoms with Crippen LogP contribution < -0.4 is 4.90 Å². The minimum atomic E-state index is 0.0349. The Morgan fingerprint density at radius 3 is 2.40 bits per heavy atom. The third-order valence-corrected chi connectivity index (χ3v) is 5.79. The third-order valence-electron chi connectivity index (χ3n) is 5.79. The fourth-order valence-electron chi connectivity index (χ4n) is 4.26. The summed E-state index contributed by atoms with van der Waals surface area (Å²) in [7, 11) is 2.03. The number of piperazine rings is 1. The van der Waals surface area contributed by atoms with Gasteiger partial charge in [0.25, 0.3) is 0 Å². The number of hydrogen-bond donors (Lipinski definition) is 0. The SMILES string of the molecule is CN1CCCC1C(=O)N1CCN(C(=O)N2CCc3ccccc32)CC1. The van der Waals surface area contributed by atoms with E-state index in [-0.39, 0.29) is 18.0 Å². The Kier molecular flexibility index (Phi) is 4.37. The first-order valence-electron chi connectivity index (χ1n) is 9.28. The summed E-state index contributed by atoms with van der Waals surface area (Å²) in [6.07, 6.45) is 2.98. The third kappa shape index (κ3) is 2.99. The van der Waals surface area contributed by atoms with Crippen LogP contribution in [-0.2, 0) is 11.2 Å². The summed E-state index contributed by atoms with van der Waals surface area (Å²) in [6, 6.07) is 8.24. The van der Waals surface area contributed by atoms with E-state index in [9.17, 15) is 9.59 Å². The van der Waals surface area contributed by atoms with Crippen molar-refractivity contribution in [2.45, 2.75) is 25.3 Å². The molecule has 1 aromatic carbocycles. The molecule has 2 saturated heterocycles. The van der Waals surface area contributed by atoms with E-state index in [4.69, 9.17) is 0 Å². The highest BCUT2D eigenvalue weighted by Gasteiger charge is 2.35. The zero-order valence-electron chi connectivity index (χ0n) is 14.9. The summed E-state index contributed by atoms with van der Waals surface area (Å²) in [5, 5.41) is 0. The number of hydrogen-bond acceptors (Lipinski definition) is 3. The van der Waals surface area contributed by atoms with E-state index in [2.05, 4.69) is 11.0 Å². The van der Waals surface area contributed by atoms with Crippen molar-refractivity contribution in [2.24, 2.45) is 0 Å². The molecule has 6 nitrogen and oxygen atoms in total. The summed E-state index contributed by atoms with van der Waals surface area (Å²) in [4.78, 5) is 33.4. The molecular weight excluding hydrogens is 316 g/mol. The maximum Gasteiger partial charge on any atom is 0.324 e.